The second kappa shape index (κ2) is 7.14. The first kappa shape index (κ1) is 17.7. The molecular formula is C22H25N3O2. The van der Waals surface area contributed by atoms with E-state index in [0.717, 1.165) is 48.9 Å². The predicted molar refractivity (Wildman–Crippen MR) is 104 cm³/mol. The first-order chi connectivity index (χ1) is 13.1. The number of benzene rings is 1. The fourth-order valence-electron chi connectivity index (χ4n) is 4.14. The molecule has 2 heterocycles. The number of likely N-dealkylation sites (tertiary alicyclic amines) is 1. The van der Waals surface area contributed by atoms with Crippen molar-refractivity contribution in [3.8, 4) is 11.1 Å². The minimum absolute atomic E-state index is 0.170. The van der Waals surface area contributed by atoms with Gasteiger partial charge in [-0.05, 0) is 60.9 Å². The molecule has 2 N–H and O–H groups in total. The second-order valence-corrected chi connectivity index (χ2v) is 7.90. The van der Waals surface area contributed by atoms with Crippen molar-refractivity contribution in [2.45, 2.75) is 32.1 Å². The molecule has 2 aliphatic rings. The Kier molecular flexibility index (Phi) is 4.68. The molecule has 5 heteroatoms. The SMILES string of the molecule is NC(=O)[C@]1(Cc2cccc(-c3ccncc3)c2)CCCN(C(=O)C2CC2)C1. The van der Waals surface area contributed by atoms with Crippen LogP contribution >= 0.6 is 0 Å². The summed E-state index contributed by atoms with van der Waals surface area (Å²) < 4.78 is 0. The van der Waals surface area contributed by atoms with E-state index in [1.807, 2.05) is 29.2 Å². The molecule has 1 aliphatic carbocycles. The minimum Gasteiger partial charge on any atom is -0.369 e. The van der Waals surface area contributed by atoms with Gasteiger partial charge in [-0.1, -0.05) is 24.3 Å². The number of pyridine rings is 1. The fraction of sp³-hybridized carbons (Fsp3) is 0.409. The van der Waals surface area contributed by atoms with Crippen LogP contribution in [0.2, 0.25) is 0 Å². The smallest absolute Gasteiger partial charge is 0.225 e. The summed E-state index contributed by atoms with van der Waals surface area (Å²) in [6.07, 6.45) is 7.63. The lowest BCUT2D eigenvalue weighted by Crippen LogP contribution is -2.53. The monoisotopic (exact) mass is 363 g/mol. The Morgan fingerprint density at radius 3 is 2.63 bits per heavy atom. The third-order valence-electron chi connectivity index (χ3n) is 5.82. The van der Waals surface area contributed by atoms with Gasteiger partial charge < -0.3 is 10.6 Å². The summed E-state index contributed by atoms with van der Waals surface area (Å²) in [5, 5.41) is 0. The lowest BCUT2D eigenvalue weighted by molar-refractivity contribution is -0.140. The van der Waals surface area contributed by atoms with Crippen LogP contribution in [0.1, 0.15) is 31.2 Å². The Hall–Kier alpha value is -2.69. The van der Waals surface area contributed by atoms with Crippen molar-refractivity contribution in [3.05, 3.63) is 54.4 Å². The molecule has 2 aromatic rings. The van der Waals surface area contributed by atoms with E-state index < -0.39 is 5.41 Å². The van der Waals surface area contributed by atoms with E-state index in [1.165, 1.54) is 0 Å². The van der Waals surface area contributed by atoms with E-state index in [1.54, 1.807) is 12.4 Å². The van der Waals surface area contributed by atoms with Gasteiger partial charge in [0.1, 0.15) is 0 Å². The molecule has 1 saturated heterocycles. The third kappa shape index (κ3) is 3.72. The summed E-state index contributed by atoms with van der Waals surface area (Å²) in [5.41, 5.74) is 8.45. The average Bonchev–Trinajstić information content (AvgIpc) is 3.54. The van der Waals surface area contributed by atoms with Gasteiger partial charge in [-0.25, -0.2) is 0 Å². The number of amides is 2. The van der Waals surface area contributed by atoms with Gasteiger partial charge in [0, 0.05) is 31.4 Å². The first-order valence-corrected chi connectivity index (χ1v) is 9.65. The minimum atomic E-state index is -0.681. The molecule has 0 radical (unpaired) electrons. The number of piperidine rings is 1. The van der Waals surface area contributed by atoms with Gasteiger partial charge in [0.2, 0.25) is 11.8 Å². The molecule has 5 nitrogen and oxygen atoms in total. The summed E-state index contributed by atoms with van der Waals surface area (Å²) in [7, 11) is 0. The number of carbonyl (C=O) groups is 2. The molecule has 0 bridgehead atoms. The number of primary amides is 1. The Balaban J connectivity index is 1.58. The summed E-state index contributed by atoms with van der Waals surface area (Å²) in [5.74, 6) is 0.0691. The number of rotatable bonds is 5. The van der Waals surface area contributed by atoms with Crippen molar-refractivity contribution in [2.75, 3.05) is 13.1 Å². The Bertz CT molecular complexity index is 848. The molecular weight excluding hydrogens is 338 g/mol. The van der Waals surface area contributed by atoms with Crippen molar-refractivity contribution in [3.63, 3.8) is 0 Å². The molecule has 4 rings (SSSR count). The van der Waals surface area contributed by atoms with Gasteiger partial charge in [0.25, 0.3) is 0 Å². The number of nitrogens with zero attached hydrogens (tertiary/aromatic N) is 2. The summed E-state index contributed by atoms with van der Waals surface area (Å²) in [4.78, 5) is 30.9. The molecule has 27 heavy (non-hydrogen) atoms. The number of carbonyl (C=O) groups excluding carboxylic acids is 2. The van der Waals surface area contributed by atoms with E-state index in [9.17, 15) is 9.59 Å². The van der Waals surface area contributed by atoms with Gasteiger partial charge in [-0.3, -0.25) is 14.6 Å². The highest BCUT2D eigenvalue weighted by atomic mass is 16.2. The van der Waals surface area contributed by atoms with Crippen molar-refractivity contribution in [2.24, 2.45) is 17.1 Å². The topological polar surface area (TPSA) is 76.3 Å². The Morgan fingerprint density at radius 2 is 1.93 bits per heavy atom. The van der Waals surface area contributed by atoms with Gasteiger partial charge >= 0.3 is 0 Å². The molecule has 1 aliphatic heterocycles. The van der Waals surface area contributed by atoms with Gasteiger partial charge in [-0.15, -0.1) is 0 Å². The van der Waals surface area contributed by atoms with Crippen LogP contribution in [0.3, 0.4) is 0 Å². The number of hydrogen-bond donors (Lipinski definition) is 1. The van der Waals surface area contributed by atoms with Crippen molar-refractivity contribution >= 4 is 11.8 Å². The summed E-state index contributed by atoms with van der Waals surface area (Å²) in [6, 6.07) is 12.2. The average molecular weight is 363 g/mol. The van der Waals surface area contributed by atoms with Crippen LogP contribution in [0.25, 0.3) is 11.1 Å². The molecule has 140 valence electrons. The third-order valence-corrected chi connectivity index (χ3v) is 5.82. The van der Waals surface area contributed by atoms with E-state index in [2.05, 4.69) is 17.1 Å². The number of hydrogen-bond acceptors (Lipinski definition) is 3. The zero-order valence-electron chi connectivity index (χ0n) is 15.4. The molecule has 1 saturated carbocycles. The van der Waals surface area contributed by atoms with E-state index >= 15 is 0 Å². The van der Waals surface area contributed by atoms with Crippen molar-refractivity contribution < 1.29 is 9.59 Å². The maximum absolute atomic E-state index is 12.5. The van der Waals surface area contributed by atoms with Crippen LogP contribution in [-0.2, 0) is 16.0 Å². The largest absolute Gasteiger partial charge is 0.369 e. The maximum Gasteiger partial charge on any atom is 0.225 e. The molecule has 1 aromatic heterocycles. The van der Waals surface area contributed by atoms with E-state index in [0.29, 0.717) is 13.0 Å². The van der Waals surface area contributed by atoms with Crippen LogP contribution < -0.4 is 5.73 Å². The highest BCUT2D eigenvalue weighted by Gasteiger charge is 2.44. The standard InChI is InChI=1S/C22H25N3O2/c23-21(27)22(9-2-12-25(15-22)20(26)18-5-6-18)14-16-3-1-4-19(13-16)17-7-10-24-11-8-17/h1,3-4,7-8,10-11,13,18H,2,5-6,9,12,14-15H2,(H2,23,27)/t22-/m0/s1. The maximum atomic E-state index is 12.5. The van der Waals surface area contributed by atoms with Crippen molar-refractivity contribution in [1.82, 2.24) is 9.88 Å². The normalized spacial score (nSPS) is 22.4. The zero-order valence-corrected chi connectivity index (χ0v) is 15.4. The lowest BCUT2D eigenvalue weighted by Gasteiger charge is -2.41. The van der Waals surface area contributed by atoms with Crippen molar-refractivity contribution in [1.29, 1.82) is 0 Å². The van der Waals surface area contributed by atoms with Crippen LogP contribution in [-0.4, -0.2) is 34.8 Å². The lowest BCUT2D eigenvalue weighted by atomic mass is 9.74. The molecule has 0 unspecified atom stereocenters. The molecule has 2 fully saturated rings. The van der Waals surface area contributed by atoms with Crippen LogP contribution in [0.4, 0.5) is 0 Å². The highest BCUT2D eigenvalue weighted by molar-refractivity contribution is 5.85. The summed E-state index contributed by atoms with van der Waals surface area (Å²) >= 11 is 0. The van der Waals surface area contributed by atoms with Gasteiger partial charge in [0.05, 0.1) is 5.41 Å². The van der Waals surface area contributed by atoms with E-state index in [4.69, 9.17) is 5.73 Å². The van der Waals surface area contributed by atoms with Gasteiger partial charge in [0.15, 0.2) is 0 Å². The van der Waals surface area contributed by atoms with E-state index in [-0.39, 0.29) is 17.7 Å². The Labute approximate surface area is 159 Å². The predicted octanol–water partition coefficient (Wildman–Crippen LogP) is 2.80. The number of aromatic nitrogens is 1. The quantitative estimate of drug-likeness (QED) is 0.887. The van der Waals surface area contributed by atoms with Crippen LogP contribution in [0.5, 0.6) is 0 Å². The fourth-order valence-corrected chi connectivity index (χ4v) is 4.14. The Morgan fingerprint density at radius 1 is 1.15 bits per heavy atom. The summed E-state index contributed by atoms with van der Waals surface area (Å²) in [6.45, 7) is 1.18. The van der Waals surface area contributed by atoms with Crippen LogP contribution in [0, 0.1) is 11.3 Å². The highest BCUT2D eigenvalue weighted by Crippen LogP contribution is 2.38. The first-order valence-electron chi connectivity index (χ1n) is 9.65. The second-order valence-electron chi connectivity index (χ2n) is 7.90. The van der Waals surface area contributed by atoms with Crippen LogP contribution in [0.15, 0.2) is 48.8 Å². The molecule has 1 atom stereocenters. The molecule has 2 amide bonds. The molecule has 0 spiro atoms. The number of nitrogens with two attached hydrogens (primary N) is 1. The molecule has 1 aromatic carbocycles. The zero-order chi connectivity index (χ0) is 18.9. The van der Waals surface area contributed by atoms with Gasteiger partial charge in [-0.2, -0.15) is 0 Å².